The lowest BCUT2D eigenvalue weighted by Gasteiger charge is -2.33. The molecule has 4 aromatic rings. The van der Waals surface area contributed by atoms with Gasteiger partial charge in [-0.15, -0.1) is 0 Å². The quantitative estimate of drug-likeness (QED) is 0.209. The minimum absolute atomic E-state index is 0.104. The maximum atomic E-state index is 12.8. The number of aliphatic hydroxyl groups excluding tert-OH is 1. The lowest BCUT2D eigenvalue weighted by molar-refractivity contribution is -0.0123. The molecule has 1 aromatic heterocycles. The fraction of sp³-hybridized carbons (Fsp3) is 0.300. The Morgan fingerprint density at radius 1 is 0.925 bits per heavy atom. The van der Waals surface area contributed by atoms with Crippen LogP contribution >= 0.6 is 0 Å². The molecule has 10 heteroatoms. The molecule has 0 bridgehead atoms. The van der Waals surface area contributed by atoms with Crippen LogP contribution < -0.4 is 24.4 Å². The van der Waals surface area contributed by atoms with Crippen molar-refractivity contribution in [3.8, 4) is 51.6 Å². The third kappa shape index (κ3) is 5.05. The number of fused-ring (bicyclic) bond motifs is 2. The van der Waals surface area contributed by atoms with Gasteiger partial charge < -0.3 is 43.8 Å². The molecular formula is C30H30O10. The molecule has 0 saturated heterocycles. The number of phenolic OH excluding ortho intramolecular Hbond substituents is 2. The molecule has 0 saturated carbocycles. The standard InChI is InChI=1S/C30H30O10/c1-3-4-5-10-37-20-8-6-16(11-22(20)36-2)29-25(15-31)38-21-9-7-17(12-23(21)39-29)30-28(35)27(34)26-19(33)13-18(32)14-24(26)40-30/h6-9,11-14,25,29,31-33,35H,3-5,10,15H2,1-2H3. The Kier molecular flexibility index (Phi) is 7.61. The van der Waals surface area contributed by atoms with E-state index in [1.165, 1.54) is 12.1 Å². The van der Waals surface area contributed by atoms with Crippen LogP contribution in [0.1, 0.15) is 37.9 Å². The van der Waals surface area contributed by atoms with Crippen LogP contribution in [0, 0.1) is 0 Å². The summed E-state index contributed by atoms with van der Waals surface area (Å²) in [6.07, 6.45) is 1.64. The molecule has 210 valence electrons. The van der Waals surface area contributed by atoms with Gasteiger partial charge in [0.25, 0.3) is 0 Å². The van der Waals surface area contributed by atoms with Crippen LogP contribution in [0.5, 0.6) is 40.2 Å². The Hall–Kier alpha value is -4.57. The Bertz CT molecular complexity index is 1590. The van der Waals surface area contributed by atoms with Crippen molar-refractivity contribution in [1.29, 1.82) is 0 Å². The number of aromatic hydroxyl groups is 3. The van der Waals surface area contributed by atoms with E-state index in [-0.39, 0.29) is 40.4 Å². The minimum Gasteiger partial charge on any atom is -0.508 e. The smallest absolute Gasteiger partial charge is 0.238 e. The number of unbranched alkanes of at least 4 members (excludes halogenated alkanes) is 2. The van der Waals surface area contributed by atoms with Crippen molar-refractivity contribution in [2.45, 2.75) is 38.4 Å². The second-order valence-electron chi connectivity index (χ2n) is 9.45. The normalized spacial score (nSPS) is 16.2. The van der Waals surface area contributed by atoms with E-state index in [1.807, 2.05) is 6.07 Å². The Balaban J connectivity index is 1.49. The second-order valence-corrected chi connectivity index (χ2v) is 9.45. The number of aliphatic hydroxyl groups is 1. The van der Waals surface area contributed by atoms with Crippen LogP contribution in [-0.4, -0.2) is 46.9 Å². The van der Waals surface area contributed by atoms with Crippen LogP contribution in [0.15, 0.2) is 57.7 Å². The molecule has 0 fully saturated rings. The van der Waals surface area contributed by atoms with Gasteiger partial charge in [-0.05, 0) is 36.8 Å². The number of methoxy groups -OCH3 is 1. The highest BCUT2D eigenvalue weighted by Crippen LogP contribution is 2.44. The van der Waals surface area contributed by atoms with Crippen LogP contribution in [0.25, 0.3) is 22.3 Å². The fourth-order valence-electron chi connectivity index (χ4n) is 4.68. The molecule has 1 aliphatic heterocycles. The van der Waals surface area contributed by atoms with E-state index in [1.54, 1.807) is 31.4 Å². The van der Waals surface area contributed by atoms with Gasteiger partial charge in [0.2, 0.25) is 11.2 Å². The summed E-state index contributed by atoms with van der Waals surface area (Å²) in [5.74, 6) is 0.0301. The summed E-state index contributed by atoms with van der Waals surface area (Å²) in [7, 11) is 1.55. The SMILES string of the molecule is CCCCCOc1ccc(C2Oc3cc(-c4oc5cc(O)cc(O)c5c(=O)c4O)ccc3OC2CO)cc1OC. The van der Waals surface area contributed by atoms with Gasteiger partial charge in [0.1, 0.15) is 22.5 Å². The maximum absolute atomic E-state index is 12.8. The van der Waals surface area contributed by atoms with Crippen LogP contribution in [-0.2, 0) is 0 Å². The molecule has 3 aromatic carbocycles. The van der Waals surface area contributed by atoms with Gasteiger partial charge in [-0.1, -0.05) is 25.8 Å². The van der Waals surface area contributed by atoms with Gasteiger partial charge in [0.05, 0.1) is 20.3 Å². The molecule has 0 radical (unpaired) electrons. The van der Waals surface area contributed by atoms with E-state index in [4.69, 9.17) is 23.4 Å². The summed E-state index contributed by atoms with van der Waals surface area (Å²) in [5.41, 5.74) is 0.00801. The van der Waals surface area contributed by atoms with E-state index in [2.05, 4.69) is 6.92 Å². The molecule has 0 amide bonds. The Morgan fingerprint density at radius 2 is 1.75 bits per heavy atom. The van der Waals surface area contributed by atoms with E-state index in [0.29, 0.717) is 29.4 Å². The molecule has 2 atom stereocenters. The molecule has 0 aliphatic carbocycles. The molecular weight excluding hydrogens is 520 g/mol. The minimum atomic E-state index is -0.856. The highest BCUT2D eigenvalue weighted by Gasteiger charge is 2.34. The first-order valence-corrected chi connectivity index (χ1v) is 13.0. The number of hydrogen-bond donors (Lipinski definition) is 4. The summed E-state index contributed by atoms with van der Waals surface area (Å²) in [6, 6.07) is 12.2. The highest BCUT2D eigenvalue weighted by atomic mass is 16.6. The topological polar surface area (TPSA) is 148 Å². The summed E-state index contributed by atoms with van der Waals surface area (Å²) in [5, 5.41) is 40.3. The summed E-state index contributed by atoms with van der Waals surface area (Å²) in [6.45, 7) is 2.37. The van der Waals surface area contributed by atoms with Gasteiger partial charge in [-0.3, -0.25) is 4.79 Å². The first-order valence-electron chi connectivity index (χ1n) is 13.0. The van der Waals surface area contributed by atoms with Gasteiger partial charge in [0.15, 0.2) is 41.0 Å². The average Bonchev–Trinajstić information content (AvgIpc) is 2.95. The van der Waals surface area contributed by atoms with Gasteiger partial charge in [-0.2, -0.15) is 0 Å². The number of rotatable bonds is 9. The van der Waals surface area contributed by atoms with Crippen LogP contribution in [0.2, 0.25) is 0 Å². The fourth-order valence-corrected chi connectivity index (χ4v) is 4.68. The first-order chi connectivity index (χ1) is 19.3. The molecule has 10 nitrogen and oxygen atoms in total. The number of ether oxygens (including phenoxy) is 4. The number of hydrogen-bond acceptors (Lipinski definition) is 10. The molecule has 40 heavy (non-hydrogen) atoms. The Labute approximate surface area is 229 Å². The molecule has 4 N–H and O–H groups in total. The van der Waals surface area contributed by atoms with E-state index < -0.39 is 29.1 Å². The summed E-state index contributed by atoms with van der Waals surface area (Å²) in [4.78, 5) is 12.8. The predicted octanol–water partition coefficient (Wildman–Crippen LogP) is 5.03. The highest BCUT2D eigenvalue weighted by molar-refractivity contribution is 5.88. The zero-order chi connectivity index (χ0) is 28.4. The third-order valence-electron chi connectivity index (χ3n) is 6.71. The van der Waals surface area contributed by atoms with E-state index >= 15 is 0 Å². The average molecular weight is 551 g/mol. The van der Waals surface area contributed by atoms with Crippen molar-refractivity contribution in [3.63, 3.8) is 0 Å². The van der Waals surface area contributed by atoms with Gasteiger partial charge in [0, 0.05) is 23.3 Å². The molecule has 2 unspecified atom stereocenters. The molecule has 0 spiro atoms. The van der Waals surface area contributed by atoms with Crippen molar-refractivity contribution in [1.82, 2.24) is 0 Å². The maximum Gasteiger partial charge on any atom is 0.238 e. The lowest BCUT2D eigenvalue weighted by atomic mass is 10.0. The van der Waals surface area contributed by atoms with Crippen molar-refractivity contribution in [2.24, 2.45) is 0 Å². The first kappa shape index (κ1) is 27.0. The number of phenols is 2. The summed E-state index contributed by atoms with van der Waals surface area (Å²) < 4.78 is 29.4. The van der Waals surface area contributed by atoms with Crippen LogP contribution in [0.4, 0.5) is 0 Å². The van der Waals surface area contributed by atoms with Gasteiger partial charge in [-0.25, -0.2) is 0 Å². The van der Waals surface area contributed by atoms with Gasteiger partial charge >= 0.3 is 0 Å². The largest absolute Gasteiger partial charge is 0.508 e. The van der Waals surface area contributed by atoms with Crippen LogP contribution in [0.3, 0.4) is 0 Å². The van der Waals surface area contributed by atoms with Crippen molar-refractivity contribution >= 4 is 11.0 Å². The molecule has 1 aliphatic rings. The van der Waals surface area contributed by atoms with E-state index in [0.717, 1.165) is 25.3 Å². The zero-order valence-electron chi connectivity index (χ0n) is 22.0. The van der Waals surface area contributed by atoms with Crippen molar-refractivity contribution < 1.29 is 43.8 Å². The number of benzene rings is 3. The summed E-state index contributed by atoms with van der Waals surface area (Å²) >= 11 is 0. The van der Waals surface area contributed by atoms with E-state index in [9.17, 15) is 25.2 Å². The van der Waals surface area contributed by atoms with Crippen molar-refractivity contribution in [2.75, 3.05) is 20.3 Å². The Morgan fingerprint density at radius 3 is 2.50 bits per heavy atom. The monoisotopic (exact) mass is 550 g/mol. The molecule has 5 rings (SSSR count). The zero-order valence-corrected chi connectivity index (χ0v) is 22.0. The second kappa shape index (κ2) is 11.3. The van der Waals surface area contributed by atoms with Crippen molar-refractivity contribution in [3.05, 3.63) is 64.3 Å². The lowest BCUT2D eigenvalue weighted by Crippen LogP contribution is -2.36. The molecule has 2 heterocycles. The third-order valence-corrected chi connectivity index (χ3v) is 6.71. The predicted molar refractivity (Wildman–Crippen MR) is 146 cm³/mol.